The van der Waals surface area contributed by atoms with Crippen molar-refractivity contribution < 1.29 is 5.11 Å². The lowest BCUT2D eigenvalue weighted by atomic mass is 9.78. The van der Waals surface area contributed by atoms with Crippen LogP contribution in [0.5, 0.6) is 0 Å². The van der Waals surface area contributed by atoms with Crippen molar-refractivity contribution in [2.24, 2.45) is 5.92 Å². The lowest BCUT2D eigenvalue weighted by Crippen LogP contribution is -2.25. The number of benzene rings is 1. The van der Waals surface area contributed by atoms with Crippen LogP contribution in [-0.2, 0) is 6.42 Å². The molecular formula is C15H21NO. The lowest BCUT2D eigenvalue weighted by molar-refractivity contribution is 0.0620. The minimum Gasteiger partial charge on any atom is -0.388 e. The van der Waals surface area contributed by atoms with Crippen molar-refractivity contribution >= 4 is 5.69 Å². The van der Waals surface area contributed by atoms with Gasteiger partial charge in [0.2, 0.25) is 0 Å². The summed E-state index contributed by atoms with van der Waals surface area (Å²) in [6, 6.07) is 6.53. The summed E-state index contributed by atoms with van der Waals surface area (Å²) in [4.78, 5) is 2.32. The minimum absolute atomic E-state index is 0.235. The fraction of sp³-hybridized carbons (Fsp3) is 0.600. The normalized spacial score (nSPS) is 21.9. The van der Waals surface area contributed by atoms with Crippen molar-refractivity contribution in [1.29, 1.82) is 0 Å². The van der Waals surface area contributed by atoms with E-state index in [-0.39, 0.29) is 6.10 Å². The van der Waals surface area contributed by atoms with Crippen LogP contribution in [0.4, 0.5) is 5.69 Å². The molecule has 1 fully saturated rings. The van der Waals surface area contributed by atoms with Crippen molar-refractivity contribution in [2.75, 3.05) is 18.5 Å². The maximum absolute atomic E-state index is 10.3. The van der Waals surface area contributed by atoms with E-state index in [0.717, 1.165) is 18.5 Å². The zero-order chi connectivity index (χ0) is 11.8. The Balaban J connectivity index is 1.86. The van der Waals surface area contributed by atoms with Crippen molar-refractivity contribution in [3.05, 3.63) is 29.3 Å². The summed E-state index contributed by atoms with van der Waals surface area (Å²) in [7, 11) is 2.15. The first-order valence-corrected chi connectivity index (χ1v) is 6.78. The van der Waals surface area contributed by atoms with Gasteiger partial charge in [-0.1, -0.05) is 18.6 Å². The van der Waals surface area contributed by atoms with Crippen LogP contribution in [0.15, 0.2) is 18.2 Å². The molecule has 2 nitrogen and oxygen atoms in total. The number of aliphatic hydroxyl groups is 1. The van der Waals surface area contributed by atoms with Gasteiger partial charge in [0.1, 0.15) is 0 Å². The van der Waals surface area contributed by atoms with Crippen LogP contribution < -0.4 is 4.90 Å². The smallest absolute Gasteiger partial charge is 0.0818 e. The number of aryl methyl sites for hydroxylation is 1. The van der Waals surface area contributed by atoms with E-state index in [4.69, 9.17) is 0 Å². The number of hydrogen-bond donors (Lipinski definition) is 1. The van der Waals surface area contributed by atoms with E-state index in [0.29, 0.717) is 5.92 Å². The highest BCUT2D eigenvalue weighted by molar-refractivity contribution is 5.56. The van der Waals surface area contributed by atoms with Crippen LogP contribution in [0.3, 0.4) is 0 Å². The number of hydrogen-bond acceptors (Lipinski definition) is 2. The maximum atomic E-state index is 10.3. The van der Waals surface area contributed by atoms with Gasteiger partial charge >= 0.3 is 0 Å². The molecular weight excluding hydrogens is 210 g/mol. The Labute approximate surface area is 103 Å². The summed E-state index contributed by atoms with van der Waals surface area (Å²) in [5.74, 6) is 0.509. The summed E-state index contributed by atoms with van der Waals surface area (Å²) in [6.45, 7) is 1.15. The van der Waals surface area contributed by atoms with Gasteiger partial charge in [0.15, 0.2) is 0 Å². The molecule has 1 saturated carbocycles. The van der Waals surface area contributed by atoms with E-state index in [1.54, 1.807) is 0 Å². The average Bonchev–Trinajstić information content (AvgIpc) is 2.26. The lowest BCUT2D eigenvalue weighted by Gasteiger charge is -2.32. The number of fused-ring (bicyclic) bond motifs is 1. The number of aliphatic hydroxyl groups excluding tert-OH is 1. The molecule has 0 saturated heterocycles. The van der Waals surface area contributed by atoms with Crippen LogP contribution in [0, 0.1) is 5.92 Å². The number of anilines is 1. The third-order valence-corrected chi connectivity index (χ3v) is 4.39. The molecule has 0 spiro atoms. The van der Waals surface area contributed by atoms with Crippen LogP contribution >= 0.6 is 0 Å². The van der Waals surface area contributed by atoms with Gasteiger partial charge in [0.25, 0.3) is 0 Å². The van der Waals surface area contributed by atoms with Gasteiger partial charge in [0.05, 0.1) is 6.10 Å². The SMILES string of the molecule is CN1CCCc2cc(C(O)C3CCC3)ccc21. The quantitative estimate of drug-likeness (QED) is 0.846. The Hall–Kier alpha value is -1.02. The average molecular weight is 231 g/mol. The Bertz CT molecular complexity index is 411. The summed E-state index contributed by atoms with van der Waals surface area (Å²) in [6.07, 6.45) is 5.82. The summed E-state index contributed by atoms with van der Waals surface area (Å²) < 4.78 is 0. The van der Waals surface area contributed by atoms with Gasteiger partial charge in [-0.05, 0) is 48.8 Å². The molecule has 1 aromatic carbocycles. The Morgan fingerprint density at radius 1 is 1.29 bits per heavy atom. The molecule has 17 heavy (non-hydrogen) atoms. The molecule has 92 valence electrons. The van der Waals surface area contributed by atoms with Gasteiger partial charge in [-0.15, -0.1) is 0 Å². The first-order valence-electron chi connectivity index (χ1n) is 6.78. The van der Waals surface area contributed by atoms with Gasteiger partial charge in [0, 0.05) is 19.3 Å². The molecule has 0 radical (unpaired) electrons. The topological polar surface area (TPSA) is 23.5 Å². The highest BCUT2D eigenvalue weighted by Crippen LogP contribution is 2.39. The molecule has 0 aromatic heterocycles. The maximum Gasteiger partial charge on any atom is 0.0818 e. The fourth-order valence-electron chi connectivity index (χ4n) is 3.02. The molecule has 1 aromatic rings. The third-order valence-electron chi connectivity index (χ3n) is 4.39. The summed E-state index contributed by atoms with van der Waals surface area (Å²) in [5, 5.41) is 10.3. The second kappa shape index (κ2) is 4.34. The molecule has 1 unspecified atom stereocenters. The van der Waals surface area contributed by atoms with E-state index in [2.05, 4.69) is 30.1 Å². The molecule has 1 aliphatic carbocycles. The van der Waals surface area contributed by atoms with E-state index in [9.17, 15) is 5.11 Å². The Morgan fingerprint density at radius 2 is 2.12 bits per heavy atom. The fourth-order valence-corrected chi connectivity index (χ4v) is 3.02. The van der Waals surface area contributed by atoms with E-state index in [1.807, 2.05) is 0 Å². The summed E-state index contributed by atoms with van der Waals surface area (Å²) in [5.41, 5.74) is 3.89. The van der Waals surface area contributed by atoms with Crippen LogP contribution in [0.1, 0.15) is 42.9 Å². The molecule has 2 heteroatoms. The highest BCUT2D eigenvalue weighted by Gasteiger charge is 2.27. The molecule has 1 aliphatic heterocycles. The van der Waals surface area contributed by atoms with Crippen molar-refractivity contribution in [3.8, 4) is 0 Å². The molecule has 3 rings (SSSR count). The predicted molar refractivity (Wildman–Crippen MR) is 70.3 cm³/mol. The van der Waals surface area contributed by atoms with Crippen LogP contribution in [0.25, 0.3) is 0 Å². The van der Waals surface area contributed by atoms with E-state index in [1.165, 1.54) is 36.9 Å². The molecule has 1 heterocycles. The summed E-state index contributed by atoms with van der Waals surface area (Å²) >= 11 is 0. The van der Waals surface area contributed by atoms with E-state index >= 15 is 0 Å². The second-order valence-electron chi connectivity index (χ2n) is 5.55. The first kappa shape index (κ1) is 11.1. The van der Waals surface area contributed by atoms with Crippen molar-refractivity contribution in [3.63, 3.8) is 0 Å². The van der Waals surface area contributed by atoms with Gasteiger partial charge in [-0.25, -0.2) is 0 Å². The predicted octanol–water partition coefficient (Wildman–Crippen LogP) is 2.90. The highest BCUT2D eigenvalue weighted by atomic mass is 16.3. The number of rotatable bonds is 2. The standard InChI is InChI=1S/C15H21NO/c1-16-9-3-6-12-10-13(7-8-14(12)16)15(17)11-4-2-5-11/h7-8,10-11,15,17H,2-6,9H2,1H3. The van der Waals surface area contributed by atoms with E-state index < -0.39 is 0 Å². The zero-order valence-corrected chi connectivity index (χ0v) is 10.5. The molecule has 2 aliphatic rings. The Morgan fingerprint density at radius 3 is 2.82 bits per heavy atom. The molecule has 1 N–H and O–H groups in total. The van der Waals surface area contributed by atoms with Gasteiger partial charge < -0.3 is 10.0 Å². The number of nitrogens with zero attached hydrogens (tertiary/aromatic N) is 1. The Kier molecular flexibility index (Phi) is 2.83. The molecule has 0 bridgehead atoms. The van der Waals surface area contributed by atoms with Gasteiger partial charge in [-0.3, -0.25) is 0 Å². The molecule has 1 atom stereocenters. The third kappa shape index (κ3) is 1.95. The van der Waals surface area contributed by atoms with Crippen LogP contribution in [0.2, 0.25) is 0 Å². The zero-order valence-electron chi connectivity index (χ0n) is 10.5. The largest absolute Gasteiger partial charge is 0.388 e. The molecule has 0 amide bonds. The monoisotopic (exact) mass is 231 g/mol. The van der Waals surface area contributed by atoms with Crippen molar-refractivity contribution in [2.45, 2.75) is 38.2 Å². The minimum atomic E-state index is -0.235. The van der Waals surface area contributed by atoms with Gasteiger partial charge in [-0.2, -0.15) is 0 Å². The van der Waals surface area contributed by atoms with Crippen molar-refractivity contribution in [1.82, 2.24) is 0 Å². The van der Waals surface area contributed by atoms with Crippen LogP contribution in [-0.4, -0.2) is 18.7 Å². The second-order valence-corrected chi connectivity index (χ2v) is 5.55. The first-order chi connectivity index (χ1) is 8.25.